The fraction of sp³-hybridized carbons (Fsp3) is 0.414. The average Bonchev–Trinajstić information content (AvgIpc) is 3.41. The summed E-state index contributed by atoms with van der Waals surface area (Å²) in [4.78, 5) is 33.0. The predicted octanol–water partition coefficient (Wildman–Crippen LogP) is 4.76. The van der Waals surface area contributed by atoms with Crippen molar-refractivity contribution in [2.75, 3.05) is 47.0 Å². The van der Waals surface area contributed by atoms with Gasteiger partial charge < -0.3 is 26.0 Å². The predicted molar refractivity (Wildman–Crippen MR) is 160 cm³/mol. The van der Waals surface area contributed by atoms with E-state index in [0.29, 0.717) is 16.9 Å². The van der Waals surface area contributed by atoms with Crippen LogP contribution in [0, 0.1) is 0 Å². The minimum absolute atomic E-state index is 0.162. The van der Waals surface area contributed by atoms with Gasteiger partial charge in [0.15, 0.2) is 5.13 Å². The van der Waals surface area contributed by atoms with Crippen molar-refractivity contribution >= 4 is 50.1 Å². The van der Waals surface area contributed by atoms with Gasteiger partial charge in [-0.1, -0.05) is 36.5 Å². The van der Waals surface area contributed by atoms with Crippen molar-refractivity contribution in [3.63, 3.8) is 0 Å². The van der Waals surface area contributed by atoms with Gasteiger partial charge in [0.2, 0.25) is 0 Å². The number of carbonyl (C=O) groups is 1. The number of nitrogens with zero attached hydrogens (tertiary/aromatic N) is 5. The van der Waals surface area contributed by atoms with Gasteiger partial charge in [-0.15, -0.1) is 0 Å². The van der Waals surface area contributed by atoms with Gasteiger partial charge in [-0.2, -0.15) is 0 Å². The summed E-state index contributed by atoms with van der Waals surface area (Å²) < 4.78 is 1.01. The van der Waals surface area contributed by atoms with Gasteiger partial charge in [0.1, 0.15) is 29.8 Å². The third-order valence-electron chi connectivity index (χ3n) is 7.77. The minimum Gasteiger partial charge on any atom is -0.480 e. The second-order valence-corrected chi connectivity index (χ2v) is 11.3. The van der Waals surface area contributed by atoms with E-state index in [1.807, 2.05) is 24.3 Å². The number of fused-ring (bicyclic) bond motifs is 2. The van der Waals surface area contributed by atoms with Crippen LogP contribution in [-0.2, 0) is 17.6 Å². The Labute approximate surface area is 237 Å². The molecule has 0 saturated carbocycles. The SMILES string of the molecule is CCc1c(NC[C@H](Nc2nc3ccccc3s2)C(=O)O)ncnc1N1CCC(c2ccc3c(n2)NCCC3)CC1. The summed E-state index contributed by atoms with van der Waals surface area (Å²) in [5.41, 5.74) is 4.35. The summed E-state index contributed by atoms with van der Waals surface area (Å²) >= 11 is 1.45. The van der Waals surface area contributed by atoms with E-state index in [0.717, 1.165) is 72.7 Å². The number of piperidine rings is 1. The number of nitrogens with one attached hydrogen (secondary N) is 3. The fourth-order valence-corrected chi connectivity index (χ4v) is 6.51. The Morgan fingerprint density at radius 1 is 1.18 bits per heavy atom. The summed E-state index contributed by atoms with van der Waals surface area (Å²) in [7, 11) is 0. The monoisotopic (exact) mass is 558 g/mol. The van der Waals surface area contributed by atoms with Gasteiger partial charge in [0, 0.05) is 43.4 Å². The number of pyridine rings is 1. The maximum atomic E-state index is 12.1. The zero-order valence-electron chi connectivity index (χ0n) is 22.6. The lowest BCUT2D eigenvalue weighted by molar-refractivity contribution is -0.137. The number of carboxylic acid groups (broad SMARTS) is 1. The van der Waals surface area contributed by atoms with Crippen molar-refractivity contribution < 1.29 is 9.90 Å². The highest BCUT2D eigenvalue weighted by molar-refractivity contribution is 7.22. The Morgan fingerprint density at radius 3 is 2.83 bits per heavy atom. The summed E-state index contributed by atoms with van der Waals surface area (Å²) in [6.45, 7) is 5.01. The normalized spacial score (nSPS) is 16.3. The molecule has 1 fully saturated rings. The van der Waals surface area contributed by atoms with Gasteiger partial charge >= 0.3 is 5.97 Å². The molecule has 1 aromatic carbocycles. The second-order valence-electron chi connectivity index (χ2n) is 10.3. The molecule has 2 aliphatic rings. The van der Waals surface area contributed by atoms with Crippen molar-refractivity contribution in [1.29, 1.82) is 0 Å². The molecule has 40 heavy (non-hydrogen) atoms. The average molecular weight is 559 g/mol. The van der Waals surface area contributed by atoms with E-state index in [9.17, 15) is 9.90 Å². The smallest absolute Gasteiger partial charge is 0.328 e. The highest BCUT2D eigenvalue weighted by Crippen LogP contribution is 2.33. The number of para-hydroxylation sites is 1. The number of hydrogen-bond donors (Lipinski definition) is 4. The summed E-state index contributed by atoms with van der Waals surface area (Å²) in [5.74, 6) is 2.13. The molecule has 2 aliphatic heterocycles. The lowest BCUT2D eigenvalue weighted by Crippen LogP contribution is -2.37. The molecule has 6 rings (SSSR count). The molecule has 3 aromatic heterocycles. The third-order valence-corrected chi connectivity index (χ3v) is 8.74. The summed E-state index contributed by atoms with van der Waals surface area (Å²) in [6, 6.07) is 11.4. The van der Waals surface area contributed by atoms with Crippen LogP contribution in [0.1, 0.15) is 48.9 Å². The number of carboxylic acids is 1. The van der Waals surface area contributed by atoms with Crippen LogP contribution in [0.3, 0.4) is 0 Å². The van der Waals surface area contributed by atoms with Gasteiger partial charge in [-0.25, -0.2) is 24.7 Å². The third kappa shape index (κ3) is 5.51. The highest BCUT2D eigenvalue weighted by Gasteiger charge is 2.26. The van der Waals surface area contributed by atoms with Crippen LogP contribution in [0.5, 0.6) is 0 Å². The Balaban J connectivity index is 1.12. The van der Waals surface area contributed by atoms with Crippen LogP contribution in [0.25, 0.3) is 10.2 Å². The van der Waals surface area contributed by atoms with Gasteiger partial charge in [0.05, 0.1) is 10.2 Å². The molecule has 0 aliphatic carbocycles. The van der Waals surface area contributed by atoms with Crippen LogP contribution in [0.2, 0.25) is 0 Å². The van der Waals surface area contributed by atoms with Gasteiger partial charge in [-0.3, -0.25) is 0 Å². The van der Waals surface area contributed by atoms with Crippen LogP contribution in [0.15, 0.2) is 42.7 Å². The van der Waals surface area contributed by atoms with E-state index in [4.69, 9.17) is 4.98 Å². The number of benzene rings is 1. The van der Waals surface area contributed by atoms with E-state index in [-0.39, 0.29) is 6.54 Å². The molecular weight excluding hydrogens is 524 g/mol. The number of aliphatic carboxylic acids is 1. The number of rotatable bonds is 9. The van der Waals surface area contributed by atoms with E-state index in [1.54, 1.807) is 6.33 Å². The van der Waals surface area contributed by atoms with Crippen LogP contribution in [-0.4, -0.2) is 63.2 Å². The van der Waals surface area contributed by atoms with E-state index >= 15 is 0 Å². The molecule has 4 aromatic rings. The summed E-state index contributed by atoms with van der Waals surface area (Å²) in [5, 5.41) is 20.3. The minimum atomic E-state index is -0.952. The number of aromatic nitrogens is 4. The summed E-state index contributed by atoms with van der Waals surface area (Å²) in [6.07, 6.45) is 6.58. The maximum absolute atomic E-state index is 12.1. The number of aryl methyl sites for hydroxylation is 1. The number of hydrogen-bond acceptors (Lipinski definition) is 10. The molecule has 1 atom stereocenters. The lowest BCUT2D eigenvalue weighted by atomic mass is 9.92. The molecule has 0 spiro atoms. The molecular formula is C29H34N8O2S. The molecule has 208 valence electrons. The maximum Gasteiger partial charge on any atom is 0.328 e. The topological polar surface area (TPSA) is 128 Å². The van der Waals surface area contributed by atoms with Crippen LogP contribution < -0.4 is 20.9 Å². The van der Waals surface area contributed by atoms with Crippen LogP contribution >= 0.6 is 11.3 Å². The first kappa shape index (κ1) is 26.2. The molecule has 0 amide bonds. The Hall–Kier alpha value is -3.99. The molecule has 10 nitrogen and oxygen atoms in total. The fourth-order valence-electron chi connectivity index (χ4n) is 5.59. The zero-order valence-corrected chi connectivity index (χ0v) is 23.4. The first-order valence-electron chi connectivity index (χ1n) is 14.0. The first-order valence-corrected chi connectivity index (χ1v) is 14.8. The Morgan fingerprint density at radius 2 is 2.02 bits per heavy atom. The number of anilines is 4. The van der Waals surface area contributed by atoms with Crippen molar-refractivity contribution in [2.45, 2.75) is 51.0 Å². The molecule has 5 heterocycles. The number of thiazole rings is 1. The lowest BCUT2D eigenvalue weighted by Gasteiger charge is -2.34. The molecule has 0 bridgehead atoms. The first-order chi connectivity index (χ1) is 19.6. The molecule has 0 radical (unpaired) electrons. The van der Waals surface area contributed by atoms with Crippen molar-refractivity contribution in [3.05, 3.63) is 59.5 Å². The quantitative estimate of drug-likeness (QED) is 0.228. The van der Waals surface area contributed by atoms with E-state index < -0.39 is 12.0 Å². The zero-order chi connectivity index (χ0) is 27.5. The second kappa shape index (κ2) is 11.6. The van der Waals surface area contributed by atoms with Gasteiger partial charge in [-0.05, 0) is 55.9 Å². The van der Waals surface area contributed by atoms with Gasteiger partial charge in [0.25, 0.3) is 0 Å². The van der Waals surface area contributed by atoms with E-state index in [2.05, 4.69) is 54.9 Å². The largest absolute Gasteiger partial charge is 0.480 e. The molecule has 0 unspecified atom stereocenters. The van der Waals surface area contributed by atoms with E-state index in [1.165, 1.54) is 29.0 Å². The molecule has 4 N–H and O–H groups in total. The molecule has 1 saturated heterocycles. The Kier molecular flexibility index (Phi) is 7.63. The van der Waals surface area contributed by atoms with Crippen molar-refractivity contribution in [3.8, 4) is 0 Å². The van der Waals surface area contributed by atoms with Crippen molar-refractivity contribution in [2.24, 2.45) is 0 Å². The standard InChI is InChI=1S/C29H34N8O2S/c1-2-20-26(31-16-23(28(38)39)36-29-35-22-7-3-4-8-24(22)40-29)32-17-33-27(20)37-14-11-18(12-15-37)21-10-9-19-6-5-13-30-25(19)34-21/h3-4,7-10,17-18,23H,2,5-6,11-16H2,1H3,(H,30,34)(H,35,36)(H,38,39)(H,31,32,33)/t23-/m0/s1. The molecule has 11 heteroatoms. The van der Waals surface area contributed by atoms with Crippen LogP contribution in [0.4, 0.5) is 22.6 Å². The highest BCUT2D eigenvalue weighted by atomic mass is 32.1. The van der Waals surface area contributed by atoms with Crippen molar-refractivity contribution in [1.82, 2.24) is 19.9 Å². The Bertz CT molecular complexity index is 1470.